The van der Waals surface area contributed by atoms with Gasteiger partial charge in [0.05, 0.1) is 5.71 Å². The lowest BCUT2D eigenvalue weighted by atomic mass is 9.83. The molecule has 1 amide bonds. The quantitative estimate of drug-likeness (QED) is 0.546. The zero-order valence-electron chi connectivity index (χ0n) is 5.83. The molecule has 1 fully saturated rings. The van der Waals surface area contributed by atoms with Crippen molar-refractivity contribution < 1.29 is 9.63 Å². The minimum absolute atomic E-state index is 0.00565. The van der Waals surface area contributed by atoms with Gasteiger partial charge in [0.15, 0.2) is 0 Å². The molecule has 4 heteroatoms. The molecule has 0 heterocycles. The number of nitrogens with two attached hydrogens (primary N) is 1. The fourth-order valence-electron chi connectivity index (χ4n) is 0.914. The van der Waals surface area contributed by atoms with Crippen LogP contribution in [-0.2, 0) is 9.63 Å². The van der Waals surface area contributed by atoms with Crippen LogP contribution in [-0.4, -0.2) is 18.7 Å². The average molecular weight is 142 g/mol. The van der Waals surface area contributed by atoms with E-state index in [0.29, 0.717) is 12.8 Å². The summed E-state index contributed by atoms with van der Waals surface area (Å²) < 4.78 is 0. The number of oxime groups is 1. The molecule has 1 aliphatic carbocycles. The number of rotatable bonds is 2. The first-order valence-electron chi connectivity index (χ1n) is 3.12. The van der Waals surface area contributed by atoms with E-state index in [2.05, 4.69) is 9.99 Å². The number of amides is 1. The molecule has 56 valence electrons. The summed E-state index contributed by atoms with van der Waals surface area (Å²) in [5.74, 6) is -0.246. The van der Waals surface area contributed by atoms with Crippen molar-refractivity contribution in [2.45, 2.75) is 12.8 Å². The third-order valence-electron chi connectivity index (χ3n) is 1.59. The minimum atomic E-state index is -0.241. The minimum Gasteiger partial charge on any atom is -0.399 e. The fraction of sp³-hybridized carbons (Fsp3) is 0.667. The van der Waals surface area contributed by atoms with E-state index in [0.717, 1.165) is 5.71 Å². The molecule has 10 heavy (non-hydrogen) atoms. The Labute approximate surface area is 59.0 Å². The Morgan fingerprint density at radius 2 is 2.40 bits per heavy atom. The highest BCUT2D eigenvalue weighted by atomic mass is 16.6. The molecule has 0 aromatic heterocycles. The molecule has 1 saturated carbocycles. The number of nitrogens with zero attached hydrogens (tertiary/aromatic N) is 1. The second-order valence-corrected chi connectivity index (χ2v) is 2.35. The van der Waals surface area contributed by atoms with Gasteiger partial charge < -0.3 is 10.6 Å². The summed E-state index contributed by atoms with van der Waals surface area (Å²) in [6.45, 7) is 0. The lowest BCUT2D eigenvalue weighted by molar-refractivity contribution is -0.122. The van der Waals surface area contributed by atoms with Crippen LogP contribution in [0.25, 0.3) is 0 Å². The highest BCUT2D eigenvalue weighted by molar-refractivity contribution is 5.98. The van der Waals surface area contributed by atoms with E-state index < -0.39 is 0 Å². The standard InChI is InChI=1S/C6H10N2O2/c1-10-8-5-2-4(3-5)6(7)9/h4H,2-3H2,1H3,(H2,7,9). The molecule has 4 nitrogen and oxygen atoms in total. The maximum atomic E-state index is 10.5. The van der Waals surface area contributed by atoms with Gasteiger partial charge in [-0.3, -0.25) is 4.79 Å². The van der Waals surface area contributed by atoms with Gasteiger partial charge in [0.2, 0.25) is 5.91 Å². The van der Waals surface area contributed by atoms with Crippen LogP contribution in [0.4, 0.5) is 0 Å². The summed E-state index contributed by atoms with van der Waals surface area (Å²) >= 11 is 0. The predicted octanol–water partition coefficient (Wildman–Crippen LogP) is -0.116. The predicted molar refractivity (Wildman–Crippen MR) is 36.4 cm³/mol. The monoisotopic (exact) mass is 142 g/mol. The molecule has 0 radical (unpaired) electrons. The van der Waals surface area contributed by atoms with Gasteiger partial charge in [-0.25, -0.2) is 0 Å². The van der Waals surface area contributed by atoms with Crippen LogP contribution in [0.15, 0.2) is 5.16 Å². The van der Waals surface area contributed by atoms with Gasteiger partial charge in [0.25, 0.3) is 0 Å². The first-order chi connectivity index (χ1) is 4.74. The lowest BCUT2D eigenvalue weighted by Gasteiger charge is -2.23. The van der Waals surface area contributed by atoms with Crippen LogP contribution in [0.5, 0.6) is 0 Å². The van der Waals surface area contributed by atoms with Crippen molar-refractivity contribution in [2.75, 3.05) is 7.11 Å². The second kappa shape index (κ2) is 2.68. The summed E-state index contributed by atoms with van der Waals surface area (Å²) in [4.78, 5) is 15.0. The van der Waals surface area contributed by atoms with E-state index in [4.69, 9.17) is 5.73 Å². The molecule has 0 bridgehead atoms. The molecule has 1 aliphatic rings. The molecule has 0 aliphatic heterocycles. The average Bonchev–Trinajstić information content (AvgIpc) is 1.76. The summed E-state index contributed by atoms with van der Waals surface area (Å²) in [6.07, 6.45) is 1.34. The van der Waals surface area contributed by atoms with Crippen molar-refractivity contribution in [1.29, 1.82) is 0 Å². The first kappa shape index (κ1) is 7.05. The van der Waals surface area contributed by atoms with Crippen molar-refractivity contribution in [3.63, 3.8) is 0 Å². The third-order valence-corrected chi connectivity index (χ3v) is 1.59. The molecule has 0 aromatic rings. The number of primary amides is 1. The molecule has 0 atom stereocenters. The zero-order chi connectivity index (χ0) is 7.56. The topological polar surface area (TPSA) is 64.7 Å². The number of hydrogen-bond acceptors (Lipinski definition) is 3. The molecule has 1 rings (SSSR count). The summed E-state index contributed by atoms with van der Waals surface area (Å²) in [5.41, 5.74) is 5.94. The van der Waals surface area contributed by atoms with Gasteiger partial charge in [-0.1, -0.05) is 5.16 Å². The SMILES string of the molecule is CON=C1CC(C(N)=O)C1. The maximum Gasteiger partial charge on any atom is 0.221 e. The first-order valence-corrected chi connectivity index (χ1v) is 3.12. The van der Waals surface area contributed by atoms with Crippen LogP contribution in [0.3, 0.4) is 0 Å². The summed E-state index contributed by atoms with van der Waals surface area (Å²) in [7, 11) is 1.49. The number of carbonyl (C=O) groups is 1. The Morgan fingerprint density at radius 3 is 2.80 bits per heavy atom. The third kappa shape index (κ3) is 1.26. The normalized spacial score (nSPS) is 23.3. The highest BCUT2D eigenvalue weighted by Crippen LogP contribution is 2.23. The lowest BCUT2D eigenvalue weighted by Crippen LogP contribution is -2.35. The van der Waals surface area contributed by atoms with Crippen molar-refractivity contribution in [2.24, 2.45) is 16.8 Å². The van der Waals surface area contributed by atoms with E-state index in [-0.39, 0.29) is 11.8 Å². The van der Waals surface area contributed by atoms with E-state index in [1.165, 1.54) is 7.11 Å². The van der Waals surface area contributed by atoms with E-state index in [9.17, 15) is 4.79 Å². The molecule has 2 N–H and O–H groups in total. The van der Waals surface area contributed by atoms with Crippen LogP contribution in [0.1, 0.15) is 12.8 Å². The Hall–Kier alpha value is -1.06. The molecular formula is C6H10N2O2. The van der Waals surface area contributed by atoms with Gasteiger partial charge in [-0.2, -0.15) is 0 Å². The Balaban J connectivity index is 2.30. The second-order valence-electron chi connectivity index (χ2n) is 2.35. The summed E-state index contributed by atoms with van der Waals surface area (Å²) in [6, 6.07) is 0. The molecule has 0 saturated heterocycles. The van der Waals surface area contributed by atoms with Gasteiger partial charge in [0, 0.05) is 18.8 Å². The largest absolute Gasteiger partial charge is 0.399 e. The van der Waals surface area contributed by atoms with Crippen LogP contribution >= 0.6 is 0 Å². The van der Waals surface area contributed by atoms with Crippen molar-refractivity contribution in [3.05, 3.63) is 0 Å². The van der Waals surface area contributed by atoms with Crippen molar-refractivity contribution >= 4 is 11.6 Å². The smallest absolute Gasteiger partial charge is 0.221 e. The van der Waals surface area contributed by atoms with Crippen LogP contribution in [0.2, 0.25) is 0 Å². The van der Waals surface area contributed by atoms with Gasteiger partial charge in [-0.05, 0) is 0 Å². The molecular weight excluding hydrogens is 132 g/mol. The van der Waals surface area contributed by atoms with Crippen molar-refractivity contribution in [1.82, 2.24) is 0 Å². The number of carbonyl (C=O) groups excluding carboxylic acids is 1. The molecule has 0 unspecified atom stereocenters. The zero-order valence-corrected chi connectivity index (χ0v) is 5.83. The van der Waals surface area contributed by atoms with E-state index >= 15 is 0 Å². The highest BCUT2D eigenvalue weighted by Gasteiger charge is 2.29. The number of hydrogen-bond donors (Lipinski definition) is 1. The van der Waals surface area contributed by atoms with E-state index in [1.807, 2.05) is 0 Å². The fourth-order valence-corrected chi connectivity index (χ4v) is 0.914. The Morgan fingerprint density at radius 1 is 1.80 bits per heavy atom. The Kier molecular flexibility index (Phi) is 1.89. The van der Waals surface area contributed by atoms with Gasteiger partial charge in [-0.15, -0.1) is 0 Å². The molecule has 0 aromatic carbocycles. The van der Waals surface area contributed by atoms with Crippen LogP contribution < -0.4 is 5.73 Å². The summed E-state index contributed by atoms with van der Waals surface area (Å²) in [5, 5.41) is 3.67. The van der Waals surface area contributed by atoms with Gasteiger partial charge >= 0.3 is 0 Å². The van der Waals surface area contributed by atoms with Crippen molar-refractivity contribution in [3.8, 4) is 0 Å². The van der Waals surface area contributed by atoms with E-state index in [1.54, 1.807) is 0 Å². The maximum absolute atomic E-state index is 10.5. The molecule has 0 spiro atoms. The van der Waals surface area contributed by atoms with Crippen LogP contribution in [0, 0.1) is 5.92 Å². The van der Waals surface area contributed by atoms with Gasteiger partial charge in [0.1, 0.15) is 7.11 Å². The Bertz CT molecular complexity index is 169.